The molecule has 1 aliphatic carbocycles. The molecule has 0 unspecified atom stereocenters. The number of hydrogen-bond donors (Lipinski definition) is 1. The molecule has 1 heterocycles. The average Bonchev–Trinajstić information content (AvgIpc) is 3.01. The first kappa shape index (κ1) is 20.7. The molecule has 1 saturated heterocycles. The van der Waals surface area contributed by atoms with Gasteiger partial charge in [0.25, 0.3) is 0 Å². The highest BCUT2D eigenvalue weighted by molar-refractivity contribution is 6.31. The molecule has 0 aromatic heterocycles. The highest BCUT2D eigenvalue weighted by atomic mass is 35.5. The molecule has 1 fully saturated rings. The van der Waals surface area contributed by atoms with Crippen LogP contribution in [-0.2, 0) is 23.2 Å². The van der Waals surface area contributed by atoms with E-state index in [1.807, 2.05) is 12.1 Å². The van der Waals surface area contributed by atoms with Crippen molar-refractivity contribution < 1.29 is 9.84 Å². The summed E-state index contributed by atoms with van der Waals surface area (Å²) in [7, 11) is 0. The van der Waals surface area contributed by atoms with E-state index in [0.29, 0.717) is 18.4 Å². The SMILES string of the molecule is C[C@H](CN1CC[C@@]2(C)[C@H]1Cc1c(O)ccc(Cl)c1C2(C)C)OCc1ccccc1. The standard InChI is InChI=1S/C25H32ClNO2/c1-17(29-16-18-8-6-5-7-9-18)15-27-13-12-25(4)22(27)14-19-21(28)11-10-20(26)23(19)24(25,2)3/h5-11,17,22,28H,12-16H2,1-4H3/t17-,22-,25+/m1/s1. The van der Waals surface area contributed by atoms with Crippen LogP contribution in [0.3, 0.4) is 0 Å². The lowest BCUT2D eigenvalue weighted by atomic mass is 9.54. The van der Waals surface area contributed by atoms with Crippen molar-refractivity contribution in [3.8, 4) is 5.75 Å². The molecule has 1 aliphatic heterocycles. The number of nitrogens with zero attached hydrogens (tertiary/aromatic N) is 1. The van der Waals surface area contributed by atoms with Gasteiger partial charge in [-0.2, -0.15) is 0 Å². The van der Waals surface area contributed by atoms with Gasteiger partial charge in [0, 0.05) is 23.2 Å². The smallest absolute Gasteiger partial charge is 0.119 e. The molecule has 3 atom stereocenters. The summed E-state index contributed by atoms with van der Waals surface area (Å²) >= 11 is 6.63. The van der Waals surface area contributed by atoms with Crippen molar-refractivity contribution in [2.75, 3.05) is 13.1 Å². The minimum atomic E-state index is -0.107. The Bertz CT molecular complexity index is 882. The zero-order chi connectivity index (χ0) is 20.8. The average molecular weight is 414 g/mol. The molecule has 0 amide bonds. The Balaban J connectivity index is 1.53. The van der Waals surface area contributed by atoms with Crippen LogP contribution < -0.4 is 0 Å². The van der Waals surface area contributed by atoms with Crippen LogP contribution in [0.15, 0.2) is 42.5 Å². The van der Waals surface area contributed by atoms with E-state index in [1.165, 1.54) is 5.56 Å². The van der Waals surface area contributed by atoms with Gasteiger partial charge in [0.15, 0.2) is 0 Å². The van der Waals surface area contributed by atoms with Gasteiger partial charge in [-0.1, -0.05) is 62.7 Å². The second kappa shape index (κ2) is 7.61. The van der Waals surface area contributed by atoms with Gasteiger partial charge in [-0.15, -0.1) is 0 Å². The van der Waals surface area contributed by atoms with E-state index in [9.17, 15) is 5.11 Å². The summed E-state index contributed by atoms with van der Waals surface area (Å²) < 4.78 is 6.15. The summed E-state index contributed by atoms with van der Waals surface area (Å²) in [5.74, 6) is 0.375. The highest BCUT2D eigenvalue weighted by Crippen LogP contribution is 2.58. The van der Waals surface area contributed by atoms with Crippen LogP contribution in [0.2, 0.25) is 5.02 Å². The zero-order valence-electron chi connectivity index (χ0n) is 17.9. The molecule has 2 aromatic carbocycles. The molecule has 4 heteroatoms. The molecule has 3 nitrogen and oxygen atoms in total. The fourth-order valence-corrected chi connectivity index (χ4v) is 5.98. The fraction of sp³-hybridized carbons (Fsp3) is 0.520. The molecule has 0 saturated carbocycles. The van der Waals surface area contributed by atoms with Crippen LogP contribution in [-0.4, -0.2) is 35.2 Å². The molecule has 0 bridgehead atoms. The van der Waals surface area contributed by atoms with Crippen LogP contribution in [0.1, 0.15) is 50.8 Å². The predicted molar refractivity (Wildman–Crippen MR) is 119 cm³/mol. The number of benzene rings is 2. The van der Waals surface area contributed by atoms with Gasteiger partial charge in [0.1, 0.15) is 5.75 Å². The van der Waals surface area contributed by atoms with Gasteiger partial charge in [0.2, 0.25) is 0 Å². The molecular weight excluding hydrogens is 382 g/mol. The number of rotatable bonds is 5. The Hall–Kier alpha value is -1.55. The Kier molecular flexibility index (Phi) is 5.43. The van der Waals surface area contributed by atoms with Crippen LogP contribution in [0.4, 0.5) is 0 Å². The van der Waals surface area contributed by atoms with Gasteiger partial charge >= 0.3 is 0 Å². The van der Waals surface area contributed by atoms with Crippen molar-refractivity contribution in [3.63, 3.8) is 0 Å². The maximum absolute atomic E-state index is 10.6. The van der Waals surface area contributed by atoms with E-state index >= 15 is 0 Å². The number of aromatic hydroxyl groups is 1. The number of phenolic OH excluding ortho intramolecular Hbond substituents is 1. The van der Waals surface area contributed by atoms with Crippen molar-refractivity contribution in [1.29, 1.82) is 0 Å². The van der Waals surface area contributed by atoms with Crippen molar-refractivity contribution >= 4 is 11.6 Å². The lowest BCUT2D eigenvalue weighted by Gasteiger charge is -2.52. The minimum absolute atomic E-state index is 0.107. The number of ether oxygens (including phenoxy) is 1. The van der Waals surface area contributed by atoms with Crippen molar-refractivity contribution in [2.45, 2.75) is 64.7 Å². The van der Waals surface area contributed by atoms with Crippen molar-refractivity contribution in [3.05, 3.63) is 64.2 Å². The molecule has 2 aliphatic rings. The summed E-state index contributed by atoms with van der Waals surface area (Å²) in [6.45, 7) is 11.7. The monoisotopic (exact) mass is 413 g/mol. The quantitative estimate of drug-likeness (QED) is 0.695. The van der Waals surface area contributed by atoms with Crippen molar-refractivity contribution in [2.24, 2.45) is 5.41 Å². The number of phenols is 1. The summed E-state index contributed by atoms with van der Waals surface area (Å²) in [5, 5.41) is 11.4. The van der Waals surface area contributed by atoms with E-state index in [4.69, 9.17) is 16.3 Å². The van der Waals surface area contributed by atoms with Gasteiger partial charge in [0.05, 0.1) is 12.7 Å². The normalized spacial score (nSPS) is 26.7. The van der Waals surface area contributed by atoms with E-state index in [1.54, 1.807) is 6.07 Å². The molecule has 156 valence electrons. The second-order valence-corrected chi connectivity index (χ2v) is 9.94. The Morgan fingerprint density at radius 2 is 1.90 bits per heavy atom. The maximum Gasteiger partial charge on any atom is 0.119 e. The van der Waals surface area contributed by atoms with E-state index in [0.717, 1.165) is 42.1 Å². The molecule has 1 N–H and O–H groups in total. The lowest BCUT2D eigenvalue weighted by Crippen LogP contribution is -2.54. The summed E-state index contributed by atoms with van der Waals surface area (Å²) in [6, 6.07) is 14.3. The highest BCUT2D eigenvalue weighted by Gasteiger charge is 2.57. The number of likely N-dealkylation sites (tertiary alicyclic amines) is 1. The third-order valence-electron chi connectivity index (χ3n) is 7.65. The van der Waals surface area contributed by atoms with Gasteiger partial charge in [-0.05, 0) is 60.4 Å². The number of fused-ring (bicyclic) bond motifs is 2. The van der Waals surface area contributed by atoms with E-state index < -0.39 is 0 Å². The largest absolute Gasteiger partial charge is 0.508 e. The zero-order valence-corrected chi connectivity index (χ0v) is 18.7. The summed E-state index contributed by atoms with van der Waals surface area (Å²) in [6.07, 6.45) is 2.11. The van der Waals surface area contributed by atoms with Crippen molar-refractivity contribution in [1.82, 2.24) is 4.90 Å². The summed E-state index contributed by atoms with van der Waals surface area (Å²) in [4.78, 5) is 2.57. The molecule has 2 aromatic rings. The van der Waals surface area contributed by atoms with E-state index in [-0.39, 0.29) is 16.9 Å². The van der Waals surface area contributed by atoms with Crippen LogP contribution in [0, 0.1) is 5.41 Å². The molecule has 0 spiro atoms. The predicted octanol–water partition coefficient (Wildman–Crippen LogP) is 5.57. The third kappa shape index (κ3) is 3.48. The fourth-order valence-electron chi connectivity index (χ4n) is 5.57. The Morgan fingerprint density at radius 3 is 2.62 bits per heavy atom. The molecule has 4 rings (SSSR count). The summed E-state index contributed by atoms with van der Waals surface area (Å²) in [5.41, 5.74) is 3.36. The number of hydrogen-bond acceptors (Lipinski definition) is 3. The molecular formula is C25H32ClNO2. The lowest BCUT2D eigenvalue weighted by molar-refractivity contribution is 0.00735. The third-order valence-corrected chi connectivity index (χ3v) is 7.97. The van der Waals surface area contributed by atoms with Crippen LogP contribution in [0.25, 0.3) is 0 Å². The molecule has 0 radical (unpaired) electrons. The maximum atomic E-state index is 10.6. The number of halogens is 1. The Morgan fingerprint density at radius 1 is 1.17 bits per heavy atom. The Labute approximate surface area is 179 Å². The first-order valence-electron chi connectivity index (χ1n) is 10.6. The van der Waals surface area contributed by atoms with E-state index in [2.05, 4.69) is 56.9 Å². The second-order valence-electron chi connectivity index (χ2n) is 9.53. The van der Waals surface area contributed by atoms with Gasteiger partial charge in [-0.3, -0.25) is 4.90 Å². The van der Waals surface area contributed by atoms with Crippen LogP contribution >= 0.6 is 11.6 Å². The first-order valence-corrected chi connectivity index (χ1v) is 11.0. The minimum Gasteiger partial charge on any atom is -0.508 e. The first-order chi connectivity index (χ1) is 13.7. The van der Waals surface area contributed by atoms with Gasteiger partial charge < -0.3 is 9.84 Å². The van der Waals surface area contributed by atoms with Crippen LogP contribution in [0.5, 0.6) is 5.75 Å². The van der Waals surface area contributed by atoms with Gasteiger partial charge in [-0.25, -0.2) is 0 Å². The molecule has 29 heavy (non-hydrogen) atoms. The topological polar surface area (TPSA) is 32.7 Å².